The maximum absolute atomic E-state index is 9.67. The maximum Gasteiger partial charge on any atom is 0.0566 e. The van der Waals surface area contributed by atoms with Crippen LogP contribution >= 0.6 is 0 Å². The number of ether oxygens (including phenoxy) is 2. The summed E-state index contributed by atoms with van der Waals surface area (Å²) in [6.45, 7) is 9.23. The Morgan fingerprint density at radius 2 is 1.04 bits per heavy atom. The van der Waals surface area contributed by atoms with Crippen molar-refractivity contribution >= 4 is 0 Å². The van der Waals surface area contributed by atoms with Gasteiger partial charge in [-0.2, -0.15) is 0 Å². The van der Waals surface area contributed by atoms with Gasteiger partial charge in [0.1, 0.15) is 0 Å². The Kier molecular flexibility index (Phi) is 20.5. The quantitative estimate of drug-likeness (QED) is 0.205. The molecule has 0 bridgehead atoms. The van der Waals surface area contributed by atoms with Gasteiger partial charge in [-0.05, 0) is 19.8 Å². The van der Waals surface area contributed by atoms with E-state index in [1.165, 1.54) is 83.5 Å². The molecule has 1 N–H and O–H groups in total. The third-order valence-corrected chi connectivity index (χ3v) is 5.75. The minimum atomic E-state index is -0.216. The molecule has 3 heteroatoms. The number of aliphatic hydroxyl groups excluding tert-OH is 1. The summed E-state index contributed by atoms with van der Waals surface area (Å²) in [5.74, 6) is 0. The van der Waals surface area contributed by atoms with Crippen molar-refractivity contribution in [2.45, 2.75) is 117 Å². The summed E-state index contributed by atoms with van der Waals surface area (Å²) in [7, 11) is 0. The molecule has 0 spiro atoms. The van der Waals surface area contributed by atoms with E-state index in [0.29, 0.717) is 19.8 Å². The van der Waals surface area contributed by atoms with E-state index < -0.39 is 0 Å². The summed E-state index contributed by atoms with van der Waals surface area (Å²) in [5.41, 5.74) is -0.216. The third-order valence-electron chi connectivity index (χ3n) is 5.75. The first-order valence-corrected chi connectivity index (χ1v) is 12.0. The molecule has 0 aromatic carbocycles. The molecule has 0 amide bonds. The number of hydrogen-bond acceptors (Lipinski definition) is 3. The first-order chi connectivity index (χ1) is 13.2. The summed E-state index contributed by atoms with van der Waals surface area (Å²) in [6, 6.07) is 0. The molecule has 164 valence electrons. The van der Waals surface area contributed by atoms with Gasteiger partial charge in [0.25, 0.3) is 0 Å². The van der Waals surface area contributed by atoms with Crippen LogP contribution in [0, 0.1) is 5.41 Å². The highest BCUT2D eigenvalue weighted by Gasteiger charge is 2.28. The van der Waals surface area contributed by atoms with Gasteiger partial charge in [0.05, 0.1) is 19.8 Å². The molecule has 1 unspecified atom stereocenters. The molecule has 0 saturated carbocycles. The molecule has 0 fully saturated rings. The highest BCUT2D eigenvalue weighted by molar-refractivity contribution is 4.76. The lowest BCUT2D eigenvalue weighted by molar-refractivity contribution is -0.0512. The molecule has 0 aromatic rings. The lowest BCUT2D eigenvalue weighted by Gasteiger charge is -2.30. The predicted molar refractivity (Wildman–Crippen MR) is 117 cm³/mol. The van der Waals surface area contributed by atoms with Gasteiger partial charge in [-0.15, -0.1) is 0 Å². The minimum absolute atomic E-state index is 0.141. The minimum Gasteiger partial charge on any atom is -0.396 e. The normalized spacial score (nSPS) is 13.8. The second-order valence-corrected chi connectivity index (χ2v) is 8.30. The van der Waals surface area contributed by atoms with Crippen molar-refractivity contribution in [1.82, 2.24) is 0 Å². The Hall–Kier alpha value is -0.120. The zero-order chi connectivity index (χ0) is 20.1. The second-order valence-electron chi connectivity index (χ2n) is 8.30. The maximum atomic E-state index is 9.67. The summed E-state index contributed by atoms with van der Waals surface area (Å²) in [5, 5.41) is 9.67. The third kappa shape index (κ3) is 16.5. The lowest BCUT2D eigenvalue weighted by Crippen LogP contribution is -2.35. The average molecular weight is 387 g/mol. The Morgan fingerprint density at radius 3 is 1.44 bits per heavy atom. The molecule has 0 radical (unpaired) electrons. The van der Waals surface area contributed by atoms with Gasteiger partial charge in [-0.1, -0.05) is 97.3 Å². The molecular formula is C24H50O3. The van der Waals surface area contributed by atoms with Crippen LogP contribution in [0.15, 0.2) is 0 Å². The molecule has 1 atom stereocenters. The van der Waals surface area contributed by atoms with E-state index in [9.17, 15) is 5.11 Å². The first kappa shape index (κ1) is 26.9. The number of rotatable bonds is 22. The smallest absolute Gasteiger partial charge is 0.0566 e. The fraction of sp³-hybridized carbons (Fsp3) is 1.00. The molecule has 0 rings (SSSR count). The van der Waals surface area contributed by atoms with Gasteiger partial charge < -0.3 is 14.6 Å². The molecule has 3 nitrogen and oxygen atoms in total. The Balaban J connectivity index is 3.35. The molecule has 0 saturated heterocycles. The van der Waals surface area contributed by atoms with E-state index in [0.717, 1.165) is 19.4 Å². The Morgan fingerprint density at radius 1 is 0.593 bits per heavy atom. The van der Waals surface area contributed by atoms with Crippen LogP contribution in [0.4, 0.5) is 0 Å². The van der Waals surface area contributed by atoms with E-state index in [4.69, 9.17) is 9.47 Å². The molecule has 27 heavy (non-hydrogen) atoms. The number of aliphatic hydroxyl groups is 1. The summed E-state index contributed by atoms with van der Waals surface area (Å²) < 4.78 is 11.4. The van der Waals surface area contributed by atoms with Crippen LogP contribution < -0.4 is 0 Å². The Bertz CT molecular complexity index is 277. The van der Waals surface area contributed by atoms with Gasteiger partial charge in [-0.3, -0.25) is 0 Å². The summed E-state index contributed by atoms with van der Waals surface area (Å²) in [4.78, 5) is 0. The van der Waals surface area contributed by atoms with Crippen molar-refractivity contribution < 1.29 is 14.6 Å². The van der Waals surface area contributed by atoms with Crippen molar-refractivity contribution in [3.63, 3.8) is 0 Å². The van der Waals surface area contributed by atoms with Gasteiger partial charge in [0, 0.05) is 18.6 Å². The standard InChI is InChI=1S/C24H50O3/c1-4-7-8-9-10-11-12-13-14-15-16-17-18-19-20-27-23-24(5-2,21-25)22-26-6-3/h25H,4-23H2,1-3H3. The number of hydrogen-bond donors (Lipinski definition) is 1. The van der Waals surface area contributed by atoms with Crippen LogP contribution in [0.2, 0.25) is 0 Å². The van der Waals surface area contributed by atoms with E-state index in [1.807, 2.05) is 6.92 Å². The molecule has 0 heterocycles. The fourth-order valence-electron chi connectivity index (χ4n) is 3.45. The molecule has 0 aliphatic rings. The summed E-state index contributed by atoms with van der Waals surface area (Å²) >= 11 is 0. The van der Waals surface area contributed by atoms with Crippen LogP contribution in [0.3, 0.4) is 0 Å². The van der Waals surface area contributed by atoms with Crippen LogP contribution in [0.1, 0.15) is 117 Å². The highest BCUT2D eigenvalue weighted by Crippen LogP contribution is 2.22. The first-order valence-electron chi connectivity index (χ1n) is 12.0. The largest absolute Gasteiger partial charge is 0.396 e. The predicted octanol–water partition coefficient (Wildman–Crippen LogP) is 6.91. The van der Waals surface area contributed by atoms with Crippen molar-refractivity contribution in [3.8, 4) is 0 Å². The fourth-order valence-corrected chi connectivity index (χ4v) is 3.45. The van der Waals surface area contributed by atoms with Gasteiger partial charge >= 0.3 is 0 Å². The van der Waals surface area contributed by atoms with Crippen molar-refractivity contribution in [3.05, 3.63) is 0 Å². The molecule has 0 aromatic heterocycles. The number of unbranched alkanes of at least 4 members (excludes halogenated alkanes) is 13. The monoisotopic (exact) mass is 386 g/mol. The van der Waals surface area contributed by atoms with Crippen LogP contribution in [0.25, 0.3) is 0 Å². The summed E-state index contributed by atoms with van der Waals surface area (Å²) in [6.07, 6.45) is 20.2. The highest BCUT2D eigenvalue weighted by atomic mass is 16.5. The van der Waals surface area contributed by atoms with Crippen LogP contribution in [0.5, 0.6) is 0 Å². The van der Waals surface area contributed by atoms with Crippen molar-refractivity contribution in [1.29, 1.82) is 0 Å². The van der Waals surface area contributed by atoms with Gasteiger partial charge in [-0.25, -0.2) is 0 Å². The topological polar surface area (TPSA) is 38.7 Å². The zero-order valence-corrected chi connectivity index (χ0v) is 18.9. The second kappa shape index (κ2) is 20.6. The van der Waals surface area contributed by atoms with Gasteiger partial charge in [0.15, 0.2) is 0 Å². The SMILES string of the molecule is CCCCCCCCCCCCCCCCOCC(CC)(CO)COCC. The van der Waals surface area contributed by atoms with E-state index in [1.54, 1.807) is 0 Å². The lowest BCUT2D eigenvalue weighted by atomic mass is 9.88. The molecule has 0 aliphatic heterocycles. The van der Waals surface area contributed by atoms with Crippen molar-refractivity contribution in [2.24, 2.45) is 5.41 Å². The Labute approximate surface area is 170 Å². The van der Waals surface area contributed by atoms with E-state index in [-0.39, 0.29) is 12.0 Å². The molecular weight excluding hydrogens is 336 g/mol. The zero-order valence-electron chi connectivity index (χ0n) is 18.9. The average Bonchev–Trinajstić information content (AvgIpc) is 2.70. The van der Waals surface area contributed by atoms with E-state index in [2.05, 4.69) is 13.8 Å². The van der Waals surface area contributed by atoms with Crippen LogP contribution in [-0.2, 0) is 9.47 Å². The molecule has 0 aliphatic carbocycles. The van der Waals surface area contributed by atoms with Crippen LogP contribution in [-0.4, -0.2) is 38.1 Å². The van der Waals surface area contributed by atoms with E-state index >= 15 is 0 Å². The van der Waals surface area contributed by atoms with Crippen molar-refractivity contribution in [2.75, 3.05) is 33.0 Å². The van der Waals surface area contributed by atoms with Gasteiger partial charge in [0.2, 0.25) is 0 Å².